The number of carboxylic acids is 1. The Hall–Kier alpha value is -1.36. The Kier molecular flexibility index (Phi) is 5.15. The second kappa shape index (κ2) is 6.39. The van der Waals surface area contributed by atoms with E-state index in [0.29, 0.717) is 23.6 Å². The first-order valence-corrected chi connectivity index (χ1v) is 6.96. The molecule has 0 spiro atoms. The Morgan fingerprint density at radius 2 is 2.18 bits per heavy atom. The van der Waals surface area contributed by atoms with Crippen LogP contribution < -0.4 is 5.32 Å². The standard InChI is InChI=1S/C12H17NO3S/c1-3-17(16)7-6-13-10-4-5-11(12(14)15)9(2)8-10/h4-5,8,13H,3,6-7H2,1-2H3,(H,14,15). The predicted molar refractivity (Wildman–Crippen MR) is 70.2 cm³/mol. The third-order valence-electron chi connectivity index (χ3n) is 2.44. The van der Waals surface area contributed by atoms with Gasteiger partial charge in [0, 0.05) is 34.5 Å². The number of aryl methyl sites for hydroxylation is 1. The number of carboxylic acid groups (broad SMARTS) is 1. The van der Waals surface area contributed by atoms with Crippen molar-refractivity contribution in [2.45, 2.75) is 13.8 Å². The van der Waals surface area contributed by atoms with Gasteiger partial charge in [0.1, 0.15) is 0 Å². The fraction of sp³-hybridized carbons (Fsp3) is 0.417. The molecular formula is C12H17NO3S. The zero-order chi connectivity index (χ0) is 12.8. The minimum absolute atomic E-state index is 0.313. The van der Waals surface area contributed by atoms with Gasteiger partial charge in [0.05, 0.1) is 5.56 Å². The number of hydrogen-bond donors (Lipinski definition) is 2. The van der Waals surface area contributed by atoms with Gasteiger partial charge in [-0.2, -0.15) is 0 Å². The highest BCUT2D eigenvalue weighted by atomic mass is 32.2. The fourth-order valence-electron chi connectivity index (χ4n) is 1.47. The molecule has 4 nitrogen and oxygen atoms in total. The largest absolute Gasteiger partial charge is 0.478 e. The van der Waals surface area contributed by atoms with E-state index in [1.807, 2.05) is 6.92 Å². The minimum atomic E-state index is -0.916. The number of hydrogen-bond acceptors (Lipinski definition) is 3. The lowest BCUT2D eigenvalue weighted by Gasteiger charge is -2.08. The van der Waals surface area contributed by atoms with Crippen molar-refractivity contribution in [3.05, 3.63) is 29.3 Å². The molecule has 0 fully saturated rings. The van der Waals surface area contributed by atoms with Crippen molar-refractivity contribution >= 4 is 22.5 Å². The lowest BCUT2D eigenvalue weighted by atomic mass is 10.1. The van der Waals surface area contributed by atoms with Crippen LogP contribution in [0.25, 0.3) is 0 Å². The number of aromatic carboxylic acids is 1. The molecule has 0 radical (unpaired) electrons. The van der Waals surface area contributed by atoms with Crippen molar-refractivity contribution < 1.29 is 14.1 Å². The molecule has 0 amide bonds. The maximum Gasteiger partial charge on any atom is 0.335 e. The quantitative estimate of drug-likeness (QED) is 0.814. The van der Waals surface area contributed by atoms with Crippen molar-refractivity contribution in [3.63, 3.8) is 0 Å². The molecule has 0 aliphatic heterocycles. The summed E-state index contributed by atoms with van der Waals surface area (Å²) in [4.78, 5) is 10.8. The lowest BCUT2D eigenvalue weighted by molar-refractivity contribution is 0.0696. The third kappa shape index (κ3) is 4.19. The highest BCUT2D eigenvalue weighted by Gasteiger charge is 2.06. The zero-order valence-corrected chi connectivity index (χ0v) is 10.8. The Morgan fingerprint density at radius 3 is 2.71 bits per heavy atom. The van der Waals surface area contributed by atoms with Crippen LogP contribution >= 0.6 is 0 Å². The molecule has 17 heavy (non-hydrogen) atoms. The summed E-state index contributed by atoms with van der Waals surface area (Å²) in [5, 5.41) is 12.0. The van der Waals surface area contributed by atoms with Gasteiger partial charge in [-0.25, -0.2) is 4.79 Å². The van der Waals surface area contributed by atoms with Crippen LogP contribution in [-0.4, -0.2) is 33.3 Å². The average molecular weight is 255 g/mol. The highest BCUT2D eigenvalue weighted by molar-refractivity contribution is 7.84. The molecule has 1 atom stereocenters. The van der Waals surface area contributed by atoms with Gasteiger partial charge in [-0.15, -0.1) is 0 Å². The van der Waals surface area contributed by atoms with E-state index in [1.54, 1.807) is 25.1 Å². The first-order valence-electron chi connectivity index (χ1n) is 5.47. The van der Waals surface area contributed by atoms with Crippen LogP contribution in [0.4, 0.5) is 5.69 Å². The van der Waals surface area contributed by atoms with E-state index >= 15 is 0 Å². The number of benzene rings is 1. The molecule has 0 saturated heterocycles. The van der Waals surface area contributed by atoms with Gasteiger partial charge in [-0.3, -0.25) is 4.21 Å². The van der Waals surface area contributed by atoms with Gasteiger partial charge in [0.15, 0.2) is 0 Å². The van der Waals surface area contributed by atoms with Crippen LogP contribution in [-0.2, 0) is 10.8 Å². The van der Waals surface area contributed by atoms with Gasteiger partial charge >= 0.3 is 5.97 Å². The molecule has 0 aliphatic carbocycles. The van der Waals surface area contributed by atoms with Crippen LogP contribution in [0.1, 0.15) is 22.8 Å². The van der Waals surface area contributed by atoms with Gasteiger partial charge in [-0.05, 0) is 30.7 Å². The number of nitrogens with one attached hydrogen (secondary N) is 1. The van der Waals surface area contributed by atoms with Crippen molar-refractivity contribution in [2.24, 2.45) is 0 Å². The molecule has 2 N–H and O–H groups in total. The smallest absolute Gasteiger partial charge is 0.335 e. The van der Waals surface area contributed by atoms with Gasteiger partial charge in [-0.1, -0.05) is 6.92 Å². The molecular weight excluding hydrogens is 238 g/mol. The predicted octanol–water partition coefficient (Wildman–Crippen LogP) is 1.87. The molecule has 0 aliphatic rings. The Labute approximate surface area is 104 Å². The maximum atomic E-state index is 11.2. The van der Waals surface area contributed by atoms with Crippen LogP contribution in [0.3, 0.4) is 0 Å². The summed E-state index contributed by atoms with van der Waals surface area (Å²) in [7, 11) is -0.774. The molecule has 94 valence electrons. The molecule has 0 saturated carbocycles. The summed E-state index contributed by atoms with van der Waals surface area (Å²) in [6, 6.07) is 5.10. The number of carbonyl (C=O) groups is 1. The van der Waals surface area contributed by atoms with Gasteiger partial charge in [0.25, 0.3) is 0 Å². The van der Waals surface area contributed by atoms with Crippen LogP contribution in [0, 0.1) is 6.92 Å². The molecule has 1 rings (SSSR count). The molecule has 1 aromatic carbocycles. The second-order valence-corrected chi connectivity index (χ2v) is 5.56. The van der Waals surface area contributed by atoms with Crippen molar-refractivity contribution in [1.82, 2.24) is 0 Å². The van der Waals surface area contributed by atoms with Gasteiger partial charge in [0.2, 0.25) is 0 Å². The second-order valence-electron chi connectivity index (χ2n) is 3.69. The minimum Gasteiger partial charge on any atom is -0.478 e. The van der Waals surface area contributed by atoms with Crippen LogP contribution in [0.2, 0.25) is 0 Å². The fourth-order valence-corrected chi connectivity index (χ4v) is 2.09. The Balaban J connectivity index is 2.59. The summed E-state index contributed by atoms with van der Waals surface area (Å²) in [6.45, 7) is 4.28. The van der Waals surface area contributed by atoms with E-state index in [1.165, 1.54) is 0 Å². The summed E-state index contributed by atoms with van der Waals surface area (Å²) < 4.78 is 11.2. The van der Waals surface area contributed by atoms with E-state index in [-0.39, 0.29) is 0 Å². The monoisotopic (exact) mass is 255 g/mol. The lowest BCUT2D eigenvalue weighted by Crippen LogP contribution is -2.12. The molecule has 1 unspecified atom stereocenters. The molecule has 1 aromatic rings. The molecule has 5 heteroatoms. The van der Waals surface area contributed by atoms with Gasteiger partial charge < -0.3 is 10.4 Å². The van der Waals surface area contributed by atoms with E-state index in [2.05, 4.69) is 5.32 Å². The highest BCUT2D eigenvalue weighted by Crippen LogP contribution is 2.14. The van der Waals surface area contributed by atoms with Crippen molar-refractivity contribution in [3.8, 4) is 0 Å². The summed E-state index contributed by atoms with van der Waals surface area (Å²) in [5.41, 5.74) is 1.90. The first kappa shape index (κ1) is 13.7. The first-order chi connectivity index (χ1) is 8.04. The van der Waals surface area contributed by atoms with Crippen LogP contribution in [0.5, 0.6) is 0 Å². The summed E-state index contributed by atoms with van der Waals surface area (Å²) in [5.74, 6) is 0.357. The van der Waals surface area contributed by atoms with E-state index < -0.39 is 16.8 Å². The molecule has 0 heterocycles. The molecule has 0 bridgehead atoms. The van der Waals surface area contributed by atoms with Crippen molar-refractivity contribution in [2.75, 3.05) is 23.4 Å². The SMILES string of the molecule is CCS(=O)CCNc1ccc(C(=O)O)c(C)c1. The normalized spacial score (nSPS) is 12.1. The van der Waals surface area contributed by atoms with E-state index in [9.17, 15) is 9.00 Å². The molecule has 0 aromatic heterocycles. The summed E-state index contributed by atoms with van der Waals surface area (Å²) >= 11 is 0. The van der Waals surface area contributed by atoms with E-state index in [0.717, 1.165) is 11.3 Å². The zero-order valence-electron chi connectivity index (χ0n) is 10.0. The topological polar surface area (TPSA) is 66.4 Å². The Morgan fingerprint density at radius 1 is 1.47 bits per heavy atom. The van der Waals surface area contributed by atoms with Crippen LogP contribution in [0.15, 0.2) is 18.2 Å². The Bertz CT molecular complexity index is 432. The van der Waals surface area contributed by atoms with Crippen molar-refractivity contribution in [1.29, 1.82) is 0 Å². The number of anilines is 1. The number of rotatable bonds is 6. The maximum absolute atomic E-state index is 11.2. The summed E-state index contributed by atoms with van der Waals surface area (Å²) in [6.07, 6.45) is 0. The van der Waals surface area contributed by atoms with E-state index in [4.69, 9.17) is 5.11 Å². The average Bonchev–Trinajstić information content (AvgIpc) is 2.28. The third-order valence-corrected chi connectivity index (χ3v) is 3.74.